The molecule has 0 radical (unpaired) electrons. The van der Waals surface area contributed by atoms with Gasteiger partial charge in [0.2, 0.25) is 0 Å². The van der Waals surface area contributed by atoms with Gasteiger partial charge in [-0.25, -0.2) is 9.78 Å². The second-order valence-corrected chi connectivity index (χ2v) is 3.22. The highest BCUT2D eigenvalue weighted by atomic mass is 16.4. The van der Waals surface area contributed by atoms with E-state index in [1.54, 1.807) is 24.4 Å². The molecule has 0 aliphatic heterocycles. The molecule has 1 heterocycles. The zero-order chi connectivity index (χ0) is 12.1. The van der Waals surface area contributed by atoms with Gasteiger partial charge < -0.3 is 10.4 Å². The van der Waals surface area contributed by atoms with Gasteiger partial charge in [0.05, 0.1) is 0 Å². The molecular weight excluding hydrogens is 208 g/mol. The number of carbonyl (C=O) groups is 2. The lowest BCUT2D eigenvalue weighted by molar-refractivity contribution is -0.133. The van der Waals surface area contributed by atoms with Gasteiger partial charge in [0.25, 0.3) is 5.91 Å². The molecule has 16 heavy (non-hydrogen) atoms. The molecule has 0 aromatic carbocycles. The fraction of sp³-hybridized carbons (Fsp3) is 0.182. The van der Waals surface area contributed by atoms with E-state index in [-0.39, 0.29) is 11.1 Å². The lowest BCUT2D eigenvalue weighted by Gasteiger charge is -2.05. The highest BCUT2D eigenvalue weighted by molar-refractivity contribution is 6.07. The average molecular weight is 220 g/mol. The number of carbonyl (C=O) groups excluding carboxylic acids is 1. The Balaban J connectivity index is 2.82. The van der Waals surface area contributed by atoms with Gasteiger partial charge in [0.15, 0.2) is 0 Å². The van der Waals surface area contributed by atoms with Crippen LogP contribution in [0.2, 0.25) is 0 Å². The Hall–Kier alpha value is -2.17. The van der Waals surface area contributed by atoms with E-state index in [0.29, 0.717) is 5.82 Å². The first-order valence-corrected chi connectivity index (χ1v) is 4.65. The van der Waals surface area contributed by atoms with Crippen molar-refractivity contribution in [2.75, 3.05) is 5.32 Å². The van der Waals surface area contributed by atoms with Crippen LogP contribution in [0.1, 0.15) is 13.8 Å². The van der Waals surface area contributed by atoms with Gasteiger partial charge in [0.1, 0.15) is 5.82 Å². The van der Waals surface area contributed by atoms with Crippen molar-refractivity contribution < 1.29 is 14.7 Å². The van der Waals surface area contributed by atoms with Crippen LogP contribution in [-0.4, -0.2) is 22.0 Å². The summed E-state index contributed by atoms with van der Waals surface area (Å²) in [6.07, 6.45) is 1.54. The minimum atomic E-state index is -1.10. The van der Waals surface area contributed by atoms with Gasteiger partial charge in [-0.3, -0.25) is 4.79 Å². The van der Waals surface area contributed by atoms with Crippen molar-refractivity contribution in [1.29, 1.82) is 0 Å². The predicted molar refractivity (Wildman–Crippen MR) is 58.9 cm³/mol. The molecule has 1 amide bonds. The average Bonchev–Trinajstić information content (AvgIpc) is 2.28. The summed E-state index contributed by atoms with van der Waals surface area (Å²) in [4.78, 5) is 26.1. The van der Waals surface area contributed by atoms with Gasteiger partial charge in [-0.1, -0.05) is 6.07 Å². The first kappa shape index (κ1) is 11.9. The highest BCUT2D eigenvalue weighted by Gasteiger charge is 2.12. The molecule has 84 valence electrons. The summed E-state index contributed by atoms with van der Waals surface area (Å²) in [7, 11) is 0. The van der Waals surface area contributed by atoms with E-state index in [4.69, 9.17) is 5.11 Å². The van der Waals surface area contributed by atoms with E-state index in [1.807, 2.05) is 0 Å². The number of aromatic nitrogens is 1. The molecule has 5 heteroatoms. The Morgan fingerprint density at radius 1 is 1.25 bits per heavy atom. The lowest BCUT2D eigenvalue weighted by atomic mass is 10.1. The Kier molecular flexibility index (Phi) is 3.77. The number of anilines is 1. The van der Waals surface area contributed by atoms with Crippen molar-refractivity contribution in [2.24, 2.45) is 0 Å². The van der Waals surface area contributed by atoms with Crippen molar-refractivity contribution >= 4 is 17.7 Å². The van der Waals surface area contributed by atoms with Crippen molar-refractivity contribution in [3.05, 3.63) is 35.5 Å². The number of nitrogens with one attached hydrogen (secondary N) is 1. The third kappa shape index (κ3) is 2.91. The number of carboxylic acids is 1. The molecule has 0 spiro atoms. The minimum absolute atomic E-state index is 0.0217. The summed E-state index contributed by atoms with van der Waals surface area (Å²) in [5.74, 6) is -1.17. The standard InChI is InChI=1S/C11H12N2O3/c1-7(8(2)11(15)16)10(14)13-9-5-3-4-6-12-9/h3-6H,1-2H3,(H,15,16)(H,12,13,14)/b8-7+. The van der Waals surface area contributed by atoms with Crippen LogP contribution in [0.3, 0.4) is 0 Å². The Bertz CT molecular complexity index is 438. The van der Waals surface area contributed by atoms with E-state index in [0.717, 1.165) is 0 Å². The summed E-state index contributed by atoms with van der Waals surface area (Å²) >= 11 is 0. The zero-order valence-electron chi connectivity index (χ0n) is 9.02. The van der Waals surface area contributed by atoms with Crippen LogP contribution in [0.15, 0.2) is 35.5 Å². The van der Waals surface area contributed by atoms with Crippen molar-refractivity contribution in [3.8, 4) is 0 Å². The van der Waals surface area contributed by atoms with E-state index in [2.05, 4.69) is 10.3 Å². The molecule has 0 bridgehead atoms. The topological polar surface area (TPSA) is 79.3 Å². The third-order valence-corrected chi connectivity index (χ3v) is 2.13. The number of aliphatic carboxylic acids is 1. The molecule has 0 aliphatic rings. The Labute approximate surface area is 92.8 Å². The maximum Gasteiger partial charge on any atom is 0.331 e. The fourth-order valence-corrected chi connectivity index (χ4v) is 0.977. The smallest absolute Gasteiger partial charge is 0.331 e. The van der Waals surface area contributed by atoms with Crippen molar-refractivity contribution in [1.82, 2.24) is 4.98 Å². The number of carboxylic acid groups (broad SMARTS) is 1. The quantitative estimate of drug-likeness (QED) is 0.755. The number of hydrogen-bond donors (Lipinski definition) is 2. The Morgan fingerprint density at radius 3 is 2.44 bits per heavy atom. The van der Waals surface area contributed by atoms with E-state index in [9.17, 15) is 9.59 Å². The second kappa shape index (κ2) is 5.06. The molecular formula is C11H12N2O3. The number of amides is 1. The third-order valence-electron chi connectivity index (χ3n) is 2.13. The molecule has 5 nitrogen and oxygen atoms in total. The van der Waals surface area contributed by atoms with Crippen LogP contribution in [0.25, 0.3) is 0 Å². The molecule has 0 aliphatic carbocycles. The summed E-state index contributed by atoms with van der Waals surface area (Å²) in [5.41, 5.74) is 0.187. The maximum absolute atomic E-state index is 11.6. The molecule has 0 unspecified atom stereocenters. The number of nitrogens with zero attached hydrogens (tertiary/aromatic N) is 1. The second-order valence-electron chi connectivity index (χ2n) is 3.22. The number of hydrogen-bond acceptors (Lipinski definition) is 3. The van der Waals surface area contributed by atoms with Crippen LogP contribution in [0, 0.1) is 0 Å². The van der Waals surface area contributed by atoms with E-state index < -0.39 is 11.9 Å². The van der Waals surface area contributed by atoms with Crippen LogP contribution in [0.5, 0.6) is 0 Å². The van der Waals surface area contributed by atoms with Crippen molar-refractivity contribution in [3.63, 3.8) is 0 Å². The Morgan fingerprint density at radius 2 is 1.94 bits per heavy atom. The van der Waals surface area contributed by atoms with Gasteiger partial charge in [0, 0.05) is 17.3 Å². The molecule has 2 N–H and O–H groups in total. The molecule has 0 fully saturated rings. The minimum Gasteiger partial charge on any atom is -0.478 e. The van der Waals surface area contributed by atoms with Crippen LogP contribution < -0.4 is 5.32 Å². The van der Waals surface area contributed by atoms with Gasteiger partial charge in [-0.05, 0) is 26.0 Å². The SMILES string of the molecule is C/C(C(=O)O)=C(/C)C(=O)Nc1ccccn1. The monoisotopic (exact) mass is 220 g/mol. The summed E-state index contributed by atoms with van der Waals surface area (Å²) in [6, 6.07) is 5.08. The number of pyridine rings is 1. The molecule has 1 rings (SSSR count). The summed E-state index contributed by atoms with van der Waals surface area (Å²) in [6.45, 7) is 2.84. The lowest BCUT2D eigenvalue weighted by Crippen LogP contribution is -2.16. The van der Waals surface area contributed by atoms with Crippen molar-refractivity contribution in [2.45, 2.75) is 13.8 Å². The zero-order valence-corrected chi connectivity index (χ0v) is 9.02. The van der Waals surface area contributed by atoms with Crippen LogP contribution >= 0.6 is 0 Å². The van der Waals surface area contributed by atoms with Crippen LogP contribution in [0.4, 0.5) is 5.82 Å². The fourth-order valence-electron chi connectivity index (χ4n) is 0.977. The molecule has 1 aromatic rings. The molecule has 0 atom stereocenters. The maximum atomic E-state index is 11.6. The predicted octanol–water partition coefficient (Wildman–Crippen LogP) is 1.44. The normalized spacial score (nSPS) is 11.6. The highest BCUT2D eigenvalue weighted by Crippen LogP contribution is 2.07. The molecule has 1 aromatic heterocycles. The van der Waals surface area contributed by atoms with Crippen LogP contribution in [-0.2, 0) is 9.59 Å². The summed E-state index contributed by atoms with van der Waals surface area (Å²) in [5, 5.41) is 11.2. The largest absolute Gasteiger partial charge is 0.478 e. The first-order valence-electron chi connectivity index (χ1n) is 4.65. The first-order chi connectivity index (χ1) is 7.52. The van der Waals surface area contributed by atoms with Gasteiger partial charge in [-0.2, -0.15) is 0 Å². The van der Waals surface area contributed by atoms with Gasteiger partial charge in [-0.15, -0.1) is 0 Å². The van der Waals surface area contributed by atoms with Gasteiger partial charge >= 0.3 is 5.97 Å². The van der Waals surface area contributed by atoms with E-state index >= 15 is 0 Å². The summed E-state index contributed by atoms with van der Waals surface area (Å²) < 4.78 is 0. The number of rotatable bonds is 3. The molecule has 0 saturated carbocycles. The van der Waals surface area contributed by atoms with E-state index in [1.165, 1.54) is 13.8 Å². The molecule has 0 saturated heterocycles.